The number of nitrogens with zero attached hydrogens (tertiary/aromatic N) is 2. The average molecular weight is 364 g/mol. The lowest BCUT2D eigenvalue weighted by atomic mass is 9.92. The van der Waals surface area contributed by atoms with Crippen molar-refractivity contribution < 1.29 is 9.18 Å². The Labute approximate surface area is 152 Å². The molecule has 0 saturated carbocycles. The van der Waals surface area contributed by atoms with Gasteiger partial charge in [-0.05, 0) is 43.1 Å². The first-order valence-corrected chi connectivity index (χ1v) is 8.88. The van der Waals surface area contributed by atoms with Gasteiger partial charge < -0.3 is 9.88 Å². The Morgan fingerprint density at radius 3 is 2.92 bits per heavy atom. The third kappa shape index (κ3) is 4.05. The van der Waals surface area contributed by atoms with Crippen LogP contribution in [0.15, 0.2) is 30.5 Å². The lowest BCUT2D eigenvalue weighted by Crippen LogP contribution is -2.35. The average Bonchev–Trinajstić information content (AvgIpc) is 3.06. The highest BCUT2D eigenvalue weighted by Crippen LogP contribution is 2.30. The molecular formula is C19H23ClFN3O. The van der Waals surface area contributed by atoms with Crippen molar-refractivity contribution in [1.82, 2.24) is 14.8 Å². The molecule has 1 atom stereocenters. The molecule has 0 aliphatic carbocycles. The summed E-state index contributed by atoms with van der Waals surface area (Å²) in [5.74, 6) is -0.0136. The van der Waals surface area contributed by atoms with Crippen LogP contribution in [0.2, 0.25) is 5.02 Å². The van der Waals surface area contributed by atoms with Gasteiger partial charge in [0.25, 0.3) is 5.91 Å². The Balaban J connectivity index is 1.74. The third-order valence-electron chi connectivity index (χ3n) is 4.74. The molecule has 25 heavy (non-hydrogen) atoms. The van der Waals surface area contributed by atoms with Gasteiger partial charge in [0.05, 0.1) is 5.56 Å². The second-order valence-corrected chi connectivity index (χ2v) is 7.22. The van der Waals surface area contributed by atoms with E-state index in [1.54, 1.807) is 25.1 Å². The summed E-state index contributed by atoms with van der Waals surface area (Å²) in [6, 6.07) is 6.41. The highest BCUT2D eigenvalue weighted by molar-refractivity contribution is 6.31. The van der Waals surface area contributed by atoms with E-state index in [9.17, 15) is 9.18 Å². The number of aromatic amines is 1. The number of halogens is 2. The van der Waals surface area contributed by atoms with Crippen LogP contribution in [0, 0.1) is 5.82 Å². The molecule has 0 spiro atoms. The highest BCUT2D eigenvalue weighted by atomic mass is 35.5. The summed E-state index contributed by atoms with van der Waals surface area (Å²) >= 11 is 6.16. The molecular weight excluding hydrogens is 341 g/mol. The summed E-state index contributed by atoms with van der Waals surface area (Å²) in [5.41, 5.74) is 2.69. The van der Waals surface area contributed by atoms with Crippen LogP contribution in [-0.2, 0) is 6.54 Å². The number of nitrogens with one attached hydrogen (secondary N) is 1. The number of rotatable bonds is 4. The van der Waals surface area contributed by atoms with E-state index in [1.165, 1.54) is 12.1 Å². The predicted molar refractivity (Wildman–Crippen MR) is 97.5 cm³/mol. The minimum absolute atomic E-state index is 0.0231. The normalized spacial score (nSPS) is 18.3. The fourth-order valence-corrected chi connectivity index (χ4v) is 3.70. The van der Waals surface area contributed by atoms with Crippen LogP contribution in [0.4, 0.5) is 4.39 Å². The van der Waals surface area contributed by atoms with Crippen LogP contribution in [-0.4, -0.2) is 47.9 Å². The van der Waals surface area contributed by atoms with Crippen LogP contribution in [0.5, 0.6) is 0 Å². The van der Waals surface area contributed by atoms with Crippen molar-refractivity contribution in [1.29, 1.82) is 0 Å². The molecule has 2 heterocycles. The Kier molecular flexibility index (Phi) is 5.45. The van der Waals surface area contributed by atoms with Gasteiger partial charge in [0.2, 0.25) is 0 Å². The first-order valence-electron chi connectivity index (χ1n) is 8.51. The van der Waals surface area contributed by atoms with Crippen molar-refractivity contribution in [3.8, 4) is 0 Å². The Bertz CT molecular complexity index is 759. The maximum Gasteiger partial charge on any atom is 0.255 e. The molecule has 134 valence electrons. The second kappa shape index (κ2) is 7.58. The molecule has 1 fully saturated rings. The molecule has 1 aromatic carbocycles. The Morgan fingerprint density at radius 1 is 1.40 bits per heavy atom. The summed E-state index contributed by atoms with van der Waals surface area (Å²) in [6.07, 6.45) is 3.93. The van der Waals surface area contributed by atoms with Gasteiger partial charge in [-0.3, -0.25) is 9.69 Å². The van der Waals surface area contributed by atoms with Crippen molar-refractivity contribution in [2.75, 3.05) is 27.2 Å². The zero-order valence-corrected chi connectivity index (χ0v) is 15.3. The van der Waals surface area contributed by atoms with E-state index in [2.05, 4.69) is 9.88 Å². The van der Waals surface area contributed by atoms with Gasteiger partial charge in [-0.1, -0.05) is 17.7 Å². The van der Waals surface area contributed by atoms with E-state index in [-0.39, 0.29) is 17.6 Å². The summed E-state index contributed by atoms with van der Waals surface area (Å²) < 4.78 is 13.2. The van der Waals surface area contributed by atoms with Crippen molar-refractivity contribution in [3.63, 3.8) is 0 Å². The third-order valence-corrected chi connectivity index (χ3v) is 5.09. The molecule has 1 saturated heterocycles. The monoisotopic (exact) mass is 363 g/mol. The predicted octanol–water partition coefficient (Wildman–Crippen LogP) is 3.89. The van der Waals surface area contributed by atoms with Gasteiger partial charge in [0.1, 0.15) is 5.82 Å². The van der Waals surface area contributed by atoms with Gasteiger partial charge in [-0.2, -0.15) is 0 Å². The fourth-order valence-electron chi connectivity index (χ4n) is 3.47. The van der Waals surface area contributed by atoms with Gasteiger partial charge in [-0.25, -0.2) is 4.39 Å². The van der Waals surface area contributed by atoms with E-state index >= 15 is 0 Å². The summed E-state index contributed by atoms with van der Waals surface area (Å²) in [4.78, 5) is 19.5. The number of hydrogen-bond acceptors (Lipinski definition) is 2. The Hall–Kier alpha value is -1.85. The van der Waals surface area contributed by atoms with Crippen LogP contribution in [0.3, 0.4) is 0 Å². The highest BCUT2D eigenvalue weighted by Gasteiger charge is 2.27. The maximum absolute atomic E-state index is 13.2. The number of carbonyl (C=O) groups is 1. The second-order valence-electron chi connectivity index (χ2n) is 6.81. The smallest absolute Gasteiger partial charge is 0.255 e. The number of H-pyrrole nitrogens is 1. The number of likely N-dealkylation sites (tertiary alicyclic amines) is 1. The maximum atomic E-state index is 13.2. The first-order chi connectivity index (χ1) is 12.0. The van der Waals surface area contributed by atoms with E-state index in [0.29, 0.717) is 11.6 Å². The number of amides is 1. The zero-order chi connectivity index (χ0) is 18.0. The van der Waals surface area contributed by atoms with Crippen LogP contribution >= 0.6 is 11.6 Å². The minimum atomic E-state index is -0.316. The van der Waals surface area contributed by atoms with Gasteiger partial charge >= 0.3 is 0 Å². The van der Waals surface area contributed by atoms with E-state index in [0.717, 1.165) is 42.8 Å². The molecule has 1 aromatic heterocycles. The summed E-state index contributed by atoms with van der Waals surface area (Å²) in [6.45, 7) is 2.51. The van der Waals surface area contributed by atoms with Crippen LogP contribution < -0.4 is 0 Å². The molecule has 1 aliphatic heterocycles. The number of hydrogen-bond donors (Lipinski definition) is 1. The molecule has 4 nitrogen and oxygen atoms in total. The number of carbonyl (C=O) groups excluding carboxylic acids is 1. The topological polar surface area (TPSA) is 39.3 Å². The van der Waals surface area contributed by atoms with E-state index < -0.39 is 0 Å². The SMILES string of the molecule is CN(C)C(=O)c1cc[nH]c1C1CCCN(Cc2ccc(F)cc2Cl)C1. The molecule has 1 aliphatic rings. The van der Waals surface area contributed by atoms with Crippen molar-refractivity contribution in [2.24, 2.45) is 0 Å². The number of aromatic nitrogens is 1. The molecule has 1 amide bonds. The Morgan fingerprint density at radius 2 is 2.20 bits per heavy atom. The summed E-state index contributed by atoms with van der Waals surface area (Å²) in [7, 11) is 3.53. The quantitative estimate of drug-likeness (QED) is 0.895. The van der Waals surface area contributed by atoms with Crippen molar-refractivity contribution in [2.45, 2.75) is 25.3 Å². The van der Waals surface area contributed by atoms with Crippen molar-refractivity contribution in [3.05, 3.63) is 58.1 Å². The lowest BCUT2D eigenvalue weighted by molar-refractivity contribution is 0.0825. The van der Waals surface area contributed by atoms with E-state index in [1.807, 2.05) is 12.3 Å². The van der Waals surface area contributed by atoms with Crippen molar-refractivity contribution >= 4 is 17.5 Å². The zero-order valence-electron chi connectivity index (χ0n) is 14.6. The number of benzene rings is 1. The molecule has 6 heteroatoms. The van der Waals surface area contributed by atoms with Crippen LogP contribution in [0.1, 0.15) is 40.4 Å². The summed E-state index contributed by atoms with van der Waals surface area (Å²) in [5, 5.41) is 0.463. The molecule has 2 aromatic rings. The number of piperidine rings is 1. The first kappa shape index (κ1) is 18.0. The van der Waals surface area contributed by atoms with Gasteiger partial charge in [-0.15, -0.1) is 0 Å². The molecule has 3 rings (SSSR count). The van der Waals surface area contributed by atoms with E-state index in [4.69, 9.17) is 11.6 Å². The molecule has 0 radical (unpaired) electrons. The largest absolute Gasteiger partial charge is 0.364 e. The van der Waals surface area contributed by atoms with Gasteiger partial charge in [0.15, 0.2) is 0 Å². The standard InChI is InChI=1S/C19H23ClFN3O/c1-23(2)19(25)16-7-8-22-18(16)14-4-3-9-24(12-14)11-13-5-6-15(21)10-17(13)20/h5-8,10,14,22H,3-4,9,11-12H2,1-2H3. The molecule has 1 N–H and O–H groups in total. The molecule has 0 bridgehead atoms. The lowest BCUT2D eigenvalue weighted by Gasteiger charge is -2.33. The fraction of sp³-hybridized carbons (Fsp3) is 0.421. The molecule has 1 unspecified atom stereocenters. The van der Waals surface area contributed by atoms with Crippen LogP contribution in [0.25, 0.3) is 0 Å². The van der Waals surface area contributed by atoms with Gasteiger partial charge in [0, 0.05) is 50.0 Å². The minimum Gasteiger partial charge on any atom is -0.364 e.